The van der Waals surface area contributed by atoms with Gasteiger partial charge < -0.3 is 10.2 Å². The molecule has 0 aliphatic carbocycles. The van der Waals surface area contributed by atoms with Gasteiger partial charge >= 0.3 is 63.3 Å². The molecule has 0 spiro atoms. The van der Waals surface area contributed by atoms with Crippen molar-refractivity contribution in [2.45, 2.75) is 0 Å². The Morgan fingerprint density at radius 1 is 1.00 bits per heavy atom. The predicted molar refractivity (Wildman–Crippen MR) is 48.6 cm³/mol. The Hall–Kier alpha value is -0.204. The topological polar surface area (TPSA) is 74.6 Å². The monoisotopic (exact) mass is 207 g/mol. The Kier molecular flexibility index (Phi) is 5.42. The van der Waals surface area contributed by atoms with Crippen LogP contribution < -0.4 is 0 Å². The van der Waals surface area contributed by atoms with Crippen molar-refractivity contribution < 1.29 is 21.2 Å². The van der Waals surface area contributed by atoms with Crippen LogP contribution in [0.25, 0.3) is 0 Å². The number of benzene rings is 1. The molecule has 1 radical (unpaired) electrons. The number of carboxylic acids is 2. The van der Waals surface area contributed by atoms with Crippen molar-refractivity contribution in [3.05, 3.63) is 35.4 Å². The van der Waals surface area contributed by atoms with Crippen molar-refractivity contribution in [3.63, 3.8) is 0 Å². The van der Waals surface area contributed by atoms with Gasteiger partial charge in [-0.25, -0.2) is 9.59 Å². The van der Waals surface area contributed by atoms with Gasteiger partial charge in [-0.1, -0.05) is 12.1 Å². The summed E-state index contributed by atoms with van der Waals surface area (Å²) in [6.45, 7) is 0. The molecule has 0 aliphatic heterocycles. The average Bonchev–Trinajstić information content (AvgIpc) is 2.04. The molecule has 1 rings (SSSR count). The van der Waals surface area contributed by atoms with Crippen LogP contribution in [-0.4, -0.2) is 73.5 Å². The first kappa shape index (κ1) is 12.8. The van der Waals surface area contributed by atoms with E-state index >= 15 is 0 Å². The Morgan fingerprint density at radius 2 is 1.31 bits per heavy atom. The van der Waals surface area contributed by atoms with E-state index < -0.39 is 11.9 Å². The van der Waals surface area contributed by atoms with Crippen LogP contribution in [0, 0.1) is 0 Å². The molecule has 65 valence electrons. The molecule has 0 saturated heterocycles. The second-order valence-corrected chi connectivity index (χ2v) is 2.16. The van der Waals surface area contributed by atoms with Gasteiger partial charge in [-0.05, 0) is 12.1 Å². The zero-order valence-electron chi connectivity index (χ0n) is 7.02. The summed E-state index contributed by atoms with van der Waals surface area (Å²) >= 11 is 0. The molecule has 1 aromatic carbocycles. The summed E-state index contributed by atoms with van der Waals surface area (Å²) in [7, 11) is 0. The minimum absolute atomic E-state index is 0. The van der Waals surface area contributed by atoms with Gasteiger partial charge in [0, 0.05) is 1.43 Å². The molecule has 2 N–H and O–H groups in total. The molecule has 0 unspecified atom stereocenters. The molecule has 0 amide bonds. The van der Waals surface area contributed by atoms with Gasteiger partial charge in [-0.3, -0.25) is 0 Å². The molecule has 13 heavy (non-hydrogen) atoms. The number of rotatable bonds is 2. The van der Waals surface area contributed by atoms with Gasteiger partial charge in [-0.2, -0.15) is 0 Å². The molecule has 0 heterocycles. The first-order valence-corrected chi connectivity index (χ1v) is 3.18. The summed E-state index contributed by atoms with van der Waals surface area (Å²) in [5.74, 6) is -2.46. The number of hydrogen-bond donors (Lipinski definition) is 2. The predicted octanol–water partition coefficient (Wildman–Crippen LogP) is 0.547. The van der Waals surface area contributed by atoms with E-state index in [0.29, 0.717) is 0 Å². The van der Waals surface area contributed by atoms with Crippen LogP contribution in [0.3, 0.4) is 0 Å². The minimum atomic E-state index is -1.23. The fourth-order valence-corrected chi connectivity index (χ4v) is 0.856. The number of aromatic carboxylic acids is 2. The standard InChI is InChI=1S/C8H6O4.K.2H/c9-7(10)5-3-1-2-4-6(5)8(11)12;;;/h1-4H,(H,9,10)(H,11,12);;;. The van der Waals surface area contributed by atoms with Gasteiger partial charge in [0.05, 0.1) is 11.1 Å². The first-order valence-electron chi connectivity index (χ1n) is 3.18. The summed E-state index contributed by atoms with van der Waals surface area (Å²) in [6.07, 6.45) is 0. The zero-order valence-corrected chi connectivity index (χ0v) is 6.02. The van der Waals surface area contributed by atoms with Crippen molar-refractivity contribution >= 4 is 63.3 Å². The van der Waals surface area contributed by atoms with E-state index in [9.17, 15) is 9.59 Å². The third-order valence-corrected chi connectivity index (χ3v) is 1.39. The molecule has 0 fully saturated rings. The van der Waals surface area contributed by atoms with Gasteiger partial charge in [0.15, 0.2) is 0 Å². The number of carboxylic acid groups (broad SMARTS) is 2. The maximum absolute atomic E-state index is 10.5. The third-order valence-electron chi connectivity index (χ3n) is 1.39. The van der Waals surface area contributed by atoms with Crippen LogP contribution in [0.1, 0.15) is 22.1 Å². The fourth-order valence-electron chi connectivity index (χ4n) is 0.856. The van der Waals surface area contributed by atoms with E-state index in [1.807, 2.05) is 0 Å². The van der Waals surface area contributed by atoms with E-state index in [4.69, 9.17) is 10.2 Å². The summed E-state index contributed by atoms with van der Waals surface area (Å²) in [4.78, 5) is 20.9. The molecule has 0 atom stereocenters. The summed E-state index contributed by atoms with van der Waals surface area (Å²) in [5.41, 5.74) is -0.380. The Labute approximate surface area is 118 Å². The summed E-state index contributed by atoms with van der Waals surface area (Å²) < 4.78 is 0. The molecule has 0 bridgehead atoms. The molecular formula is C8H8KO4. The summed E-state index contributed by atoms with van der Waals surface area (Å²) in [5, 5.41) is 17.1. The summed E-state index contributed by atoms with van der Waals surface area (Å²) in [6, 6.07) is 5.48. The normalized spacial score (nSPS) is 8.62. The van der Waals surface area contributed by atoms with E-state index in [0.717, 1.165) is 0 Å². The Bertz CT molecular complexity index is 307. The van der Waals surface area contributed by atoms with Gasteiger partial charge in [0.2, 0.25) is 0 Å². The van der Waals surface area contributed by atoms with Crippen LogP contribution in [0.2, 0.25) is 0 Å². The molecule has 0 aromatic heterocycles. The molecule has 5 heteroatoms. The van der Waals surface area contributed by atoms with Crippen molar-refractivity contribution in [1.82, 2.24) is 0 Å². The maximum atomic E-state index is 10.5. The van der Waals surface area contributed by atoms with Crippen LogP contribution >= 0.6 is 0 Å². The fraction of sp³-hybridized carbons (Fsp3) is 0. The van der Waals surface area contributed by atoms with Crippen LogP contribution in [0.15, 0.2) is 24.3 Å². The Balaban J connectivity index is 0. The molecular weight excluding hydrogens is 199 g/mol. The number of hydrogen-bond acceptors (Lipinski definition) is 2. The molecule has 4 nitrogen and oxygen atoms in total. The van der Waals surface area contributed by atoms with Crippen molar-refractivity contribution in [2.24, 2.45) is 0 Å². The quantitative estimate of drug-likeness (QED) is 0.694. The van der Waals surface area contributed by atoms with Gasteiger partial charge in [0.1, 0.15) is 0 Å². The van der Waals surface area contributed by atoms with Gasteiger partial charge in [-0.15, -0.1) is 0 Å². The first-order chi connectivity index (χ1) is 5.63. The van der Waals surface area contributed by atoms with Crippen molar-refractivity contribution in [2.75, 3.05) is 0 Å². The molecule has 0 saturated carbocycles. The SMILES string of the molecule is O=C(O)c1ccccc1C(=O)O.[H].[KH]. The second-order valence-electron chi connectivity index (χ2n) is 2.16. The third kappa shape index (κ3) is 3.20. The Morgan fingerprint density at radius 3 is 1.54 bits per heavy atom. The average molecular weight is 207 g/mol. The molecule has 1 aromatic rings. The van der Waals surface area contributed by atoms with Crippen LogP contribution in [0.5, 0.6) is 0 Å². The number of carbonyl (C=O) groups is 2. The van der Waals surface area contributed by atoms with E-state index in [1.165, 1.54) is 24.3 Å². The van der Waals surface area contributed by atoms with Gasteiger partial charge in [0.25, 0.3) is 0 Å². The van der Waals surface area contributed by atoms with E-state index in [-0.39, 0.29) is 63.9 Å². The van der Waals surface area contributed by atoms with Crippen molar-refractivity contribution in [3.8, 4) is 0 Å². The van der Waals surface area contributed by atoms with E-state index in [1.54, 1.807) is 0 Å². The van der Waals surface area contributed by atoms with E-state index in [2.05, 4.69) is 0 Å². The molecule has 0 aliphatic rings. The van der Waals surface area contributed by atoms with Crippen molar-refractivity contribution in [1.29, 1.82) is 0 Å². The van der Waals surface area contributed by atoms with Crippen LogP contribution in [-0.2, 0) is 0 Å². The zero-order chi connectivity index (χ0) is 9.14. The second kappa shape index (κ2) is 5.51. The van der Waals surface area contributed by atoms with Crippen LogP contribution in [0.4, 0.5) is 0 Å².